The number of fused-ring (bicyclic) bond motifs is 1. The van der Waals surface area contributed by atoms with Crippen LogP contribution < -0.4 is 4.74 Å². The first-order valence-corrected chi connectivity index (χ1v) is 17.1. The van der Waals surface area contributed by atoms with Crippen LogP contribution in [0.5, 0.6) is 11.5 Å². The zero-order valence-electron chi connectivity index (χ0n) is 28.9. The van der Waals surface area contributed by atoms with E-state index in [0.717, 1.165) is 6.08 Å². The third-order valence-corrected chi connectivity index (χ3v) is 9.73. The van der Waals surface area contributed by atoms with Gasteiger partial charge in [-0.3, -0.25) is 0 Å². The monoisotopic (exact) mass is 789 g/mol. The largest absolute Gasteiger partial charge is 0.571 e. The van der Waals surface area contributed by atoms with Crippen molar-refractivity contribution in [3.05, 3.63) is 64.8 Å². The van der Waals surface area contributed by atoms with E-state index in [-0.39, 0.29) is 45.7 Å². The van der Waals surface area contributed by atoms with E-state index in [4.69, 9.17) is 33.2 Å². The van der Waals surface area contributed by atoms with Gasteiger partial charge in [-0.1, -0.05) is 0 Å². The number of methoxy groups -OCH3 is 1. The molecule has 0 bridgehead atoms. The molecule has 5 aliphatic rings. The molecule has 4 aliphatic heterocycles. The first-order valence-electron chi connectivity index (χ1n) is 17.1. The lowest BCUT2D eigenvalue weighted by molar-refractivity contribution is -0.327. The molecule has 0 aromatic heterocycles. The highest BCUT2D eigenvalue weighted by molar-refractivity contribution is 5.69. The summed E-state index contributed by atoms with van der Waals surface area (Å²) in [6.45, 7) is -2.12. The number of aromatic hydroxyl groups is 1. The number of aliphatic hydroxyl groups is 14. The van der Waals surface area contributed by atoms with Gasteiger partial charge in [0.25, 0.3) is 0 Å². The summed E-state index contributed by atoms with van der Waals surface area (Å²) in [5.41, 5.74) is 0.416. The number of rotatable bonds is 11. The predicted molar refractivity (Wildman–Crippen MR) is 177 cm³/mol. The lowest BCUT2D eigenvalue weighted by Gasteiger charge is -2.43. The second-order valence-corrected chi connectivity index (χ2v) is 13.4. The van der Waals surface area contributed by atoms with Crippen LogP contribution in [0, 0.1) is 0 Å². The molecule has 0 saturated carbocycles. The average molecular weight is 790 g/mol. The second-order valence-electron chi connectivity index (χ2n) is 13.4. The van der Waals surface area contributed by atoms with E-state index in [9.17, 15) is 66.4 Å². The summed E-state index contributed by atoms with van der Waals surface area (Å²) in [4.78, 5) is 0. The van der Waals surface area contributed by atoms with Crippen molar-refractivity contribution in [3.63, 3.8) is 0 Å². The van der Waals surface area contributed by atoms with E-state index < -0.39 is 118 Å². The van der Waals surface area contributed by atoms with Crippen molar-refractivity contribution >= 4 is 5.76 Å². The molecule has 14 N–H and O–H groups in total. The van der Waals surface area contributed by atoms with E-state index in [2.05, 4.69) is 4.74 Å². The maximum atomic E-state index is 11.0. The lowest BCUT2D eigenvalue weighted by atomic mass is 9.96. The number of aliphatic hydroxyl groups excluding tert-OH is 12. The van der Waals surface area contributed by atoms with Crippen molar-refractivity contribution in [2.75, 3.05) is 26.9 Å². The minimum Gasteiger partial charge on any atom is -0.571 e. The number of hydrogen-bond donors (Lipinski definition) is 13. The van der Waals surface area contributed by atoms with Crippen molar-refractivity contribution in [1.82, 2.24) is 0 Å². The lowest BCUT2D eigenvalue weighted by Crippen LogP contribution is -2.61. The average Bonchev–Trinajstić information content (AvgIpc) is 3.17. The molecule has 0 radical (unpaired) electrons. The normalized spacial score (nSPS) is 40.6. The molecular formula is C34H45O21+. The number of ether oxygens (including phenoxy) is 8. The molecule has 1 aromatic carbocycles. The first kappa shape index (κ1) is 41.0. The summed E-state index contributed by atoms with van der Waals surface area (Å²) in [6.07, 6.45) is -22.6. The minimum atomic E-state index is -1.92. The summed E-state index contributed by atoms with van der Waals surface area (Å²) in [5.74, 6) is -0.870. The molecule has 55 heavy (non-hydrogen) atoms. The Labute approximate surface area is 311 Å². The Hall–Kier alpha value is -3.62. The molecule has 1 aromatic rings. The maximum Gasteiger partial charge on any atom is 0.305 e. The van der Waals surface area contributed by atoms with Crippen LogP contribution >= 0.6 is 0 Å². The van der Waals surface area contributed by atoms with E-state index in [1.165, 1.54) is 37.5 Å². The molecule has 306 valence electrons. The zero-order valence-corrected chi connectivity index (χ0v) is 28.9. The van der Waals surface area contributed by atoms with Crippen molar-refractivity contribution in [3.8, 4) is 11.5 Å². The molecule has 4 heterocycles. The molecule has 16 atom stereocenters. The van der Waals surface area contributed by atoms with Crippen LogP contribution in [-0.4, -0.2) is 196 Å². The molecule has 1 aliphatic carbocycles. The number of hydrogen-bond acceptors (Lipinski definition) is 20. The molecule has 21 heteroatoms. The Morgan fingerprint density at radius 3 is 1.80 bits per heavy atom. The van der Waals surface area contributed by atoms with Gasteiger partial charge in [-0.15, -0.1) is 0 Å². The van der Waals surface area contributed by atoms with Gasteiger partial charge in [-0.2, -0.15) is 0 Å². The standard InChI is InChI=1S/C34H44O21/c1-48-17-4-11(2-3-14(17)38)31-18(7-13-15(50-31)5-12(37)6-16(13)51-33-29(46)26(43)23(40)20(9-36)54-33)52-34-30(47)27(44)24(41)21(55-34)10-49-32-28(45)25(42)22(39)19(8-35)53-32/h2-7,15,19-30,32-47H,8-10H2,1H3/p+1/t15?,19-,20-,21-,22-,23-,24-,25+,26+,27+,28-,29-,30-,32-,33-,34-/m1/s1. The van der Waals surface area contributed by atoms with Gasteiger partial charge in [0.15, 0.2) is 17.8 Å². The van der Waals surface area contributed by atoms with Crippen LogP contribution in [-0.2, 0) is 28.4 Å². The van der Waals surface area contributed by atoms with Crippen LogP contribution in [0.2, 0.25) is 0 Å². The van der Waals surface area contributed by atoms with Crippen molar-refractivity contribution in [2.24, 2.45) is 0 Å². The fraction of sp³-hybridized carbons (Fsp3) is 0.588. The summed E-state index contributed by atoms with van der Waals surface area (Å²) in [7, 11) is 1.31. The third-order valence-electron chi connectivity index (χ3n) is 9.73. The highest BCUT2D eigenvalue weighted by Gasteiger charge is 2.50. The van der Waals surface area contributed by atoms with Gasteiger partial charge in [0.1, 0.15) is 84.8 Å². The molecule has 0 amide bonds. The molecule has 0 spiro atoms. The number of phenols is 1. The van der Waals surface area contributed by atoms with Crippen LogP contribution in [0.15, 0.2) is 59.3 Å². The highest BCUT2D eigenvalue weighted by atomic mass is 16.7. The third kappa shape index (κ3) is 8.14. The molecule has 6 rings (SSSR count). The number of phenolic OH excluding ortho intramolecular Hbond substituents is 1. The zero-order chi connectivity index (χ0) is 39.9. The predicted octanol–water partition coefficient (Wildman–Crippen LogP) is -5.30. The number of allylic oxidation sites excluding steroid dienone is 2. The molecule has 3 saturated heterocycles. The van der Waals surface area contributed by atoms with E-state index in [0.29, 0.717) is 0 Å². The van der Waals surface area contributed by atoms with Crippen molar-refractivity contribution in [1.29, 1.82) is 0 Å². The van der Waals surface area contributed by atoms with E-state index in [1.54, 1.807) is 0 Å². The van der Waals surface area contributed by atoms with Gasteiger partial charge >= 0.3 is 5.76 Å². The Morgan fingerprint density at radius 2 is 1.20 bits per heavy atom. The second kappa shape index (κ2) is 16.9. The Kier molecular flexibility index (Phi) is 12.6. The first-order chi connectivity index (χ1) is 26.2. The van der Waals surface area contributed by atoms with Gasteiger partial charge in [0.05, 0.1) is 44.1 Å². The van der Waals surface area contributed by atoms with Crippen molar-refractivity contribution in [2.45, 2.75) is 98.2 Å². The van der Waals surface area contributed by atoms with Crippen LogP contribution in [0.1, 0.15) is 5.56 Å². The SMILES string of the molecule is COc1cc(C2=C(O[C@@H]3O[C@H](CO[C@@H]4O[C@H](CO)[C@@H](O)[C@H](O)[C@H]4O)[C@@H](O)[C@H](O)[C@H]3O)C=C3C(O[C@@H]4O[C@H](CO)[C@@H](O)[C@H](O)[C@H]4O)=CC(O)=CC3[OH+]2)ccc1O. The quantitative estimate of drug-likeness (QED) is 0.0931. The van der Waals surface area contributed by atoms with Gasteiger partial charge < -0.3 is 104 Å². The van der Waals surface area contributed by atoms with Crippen LogP contribution in [0.4, 0.5) is 0 Å². The van der Waals surface area contributed by atoms with Gasteiger partial charge in [-0.25, -0.2) is 0 Å². The van der Waals surface area contributed by atoms with Crippen LogP contribution in [0.25, 0.3) is 5.76 Å². The molecule has 21 nitrogen and oxygen atoms in total. The van der Waals surface area contributed by atoms with Gasteiger partial charge in [-0.05, 0) is 12.1 Å². The topological polar surface area (TPSA) is 340 Å². The van der Waals surface area contributed by atoms with E-state index in [1.807, 2.05) is 0 Å². The summed E-state index contributed by atoms with van der Waals surface area (Å²) in [5, 5.41) is 134. The fourth-order valence-corrected chi connectivity index (χ4v) is 6.53. The maximum absolute atomic E-state index is 11.0. The molecular weight excluding hydrogens is 744 g/mol. The molecule has 1 unspecified atom stereocenters. The van der Waals surface area contributed by atoms with Gasteiger partial charge in [0, 0.05) is 18.2 Å². The highest BCUT2D eigenvalue weighted by Crippen LogP contribution is 2.40. The Balaban J connectivity index is 1.31. The van der Waals surface area contributed by atoms with Crippen LogP contribution in [0.3, 0.4) is 0 Å². The Bertz CT molecular complexity index is 1640. The molecule has 3 fully saturated rings. The van der Waals surface area contributed by atoms with Crippen molar-refractivity contribution < 1.29 is 104 Å². The summed E-state index contributed by atoms with van der Waals surface area (Å²) < 4.78 is 44.0. The minimum absolute atomic E-state index is 0.0238. The number of benzene rings is 1. The fourth-order valence-electron chi connectivity index (χ4n) is 6.53. The smallest absolute Gasteiger partial charge is 0.305 e. The Morgan fingerprint density at radius 1 is 0.655 bits per heavy atom. The summed E-state index contributed by atoms with van der Waals surface area (Å²) in [6, 6.07) is 4.14. The van der Waals surface area contributed by atoms with Gasteiger partial charge in [0.2, 0.25) is 24.4 Å². The summed E-state index contributed by atoms with van der Waals surface area (Å²) >= 11 is 0. The van der Waals surface area contributed by atoms with E-state index >= 15 is 0 Å².